The SMILES string of the molecule is c1ccc(-c2nc(-c3ccccc3)c3c(n2)oc2ccc(-n4c5ccccc5c5ccc6c7ccccc7n(-c7ccccc7)c6c54)cc23)cc1. The van der Waals surface area contributed by atoms with E-state index in [1.165, 1.54) is 32.6 Å². The topological polar surface area (TPSA) is 48.8 Å². The number of fused-ring (bicyclic) bond motifs is 10. The van der Waals surface area contributed by atoms with Crippen LogP contribution in [0.5, 0.6) is 0 Å². The number of nitrogens with zero attached hydrogens (tertiary/aromatic N) is 4. The molecule has 0 saturated carbocycles. The van der Waals surface area contributed by atoms with Gasteiger partial charge in [-0.3, -0.25) is 0 Å². The van der Waals surface area contributed by atoms with E-state index >= 15 is 0 Å². The predicted octanol–water partition coefficient (Wildman–Crippen LogP) is 11.9. The third-order valence-corrected chi connectivity index (χ3v) is 10.1. The first-order chi connectivity index (χ1) is 25.3. The molecule has 0 aliphatic heterocycles. The number of hydrogen-bond donors (Lipinski definition) is 0. The van der Waals surface area contributed by atoms with Gasteiger partial charge in [0.15, 0.2) is 5.82 Å². The van der Waals surface area contributed by atoms with E-state index in [-0.39, 0.29) is 0 Å². The van der Waals surface area contributed by atoms with Crippen molar-refractivity contribution in [2.45, 2.75) is 0 Å². The molecule has 0 aliphatic rings. The maximum atomic E-state index is 6.55. The standard InChI is InChI=1S/C46H28N4O/c1-4-14-29(15-5-1)42-41-37-28-32(24-27-40(37)51-46(41)48-45(47-42)30-16-6-2-7-17-30)50-39-23-13-11-21-34(39)36-26-25-35-33-20-10-12-22-38(33)49(43(35)44(36)50)31-18-8-3-9-19-31/h1-28H. The molecule has 0 N–H and O–H groups in total. The van der Waals surface area contributed by atoms with E-state index in [9.17, 15) is 0 Å². The largest absolute Gasteiger partial charge is 0.438 e. The van der Waals surface area contributed by atoms with Crippen LogP contribution in [0.15, 0.2) is 174 Å². The highest BCUT2D eigenvalue weighted by Crippen LogP contribution is 2.43. The second-order valence-electron chi connectivity index (χ2n) is 13.0. The lowest BCUT2D eigenvalue weighted by Crippen LogP contribution is -1.98. The zero-order valence-electron chi connectivity index (χ0n) is 27.4. The van der Waals surface area contributed by atoms with Crippen LogP contribution in [0.1, 0.15) is 0 Å². The molecule has 0 fully saturated rings. The van der Waals surface area contributed by atoms with Gasteiger partial charge in [-0.1, -0.05) is 127 Å². The second-order valence-corrected chi connectivity index (χ2v) is 13.0. The number of hydrogen-bond acceptors (Lipinski definition) is 3. The molecule has 0 spiro atoms. The minimum absolute atomic E-state index is 0.573. The average Bonchev–Trinajstić information content (AvgIpc) is 3.86. The molecule has 0 aliphatic carbocycles. The van der Waals surface area contributed by atoms with Crippen molar-refractivity contribution < 1.29 is 4.42 Å². The maximum absolute atomic E-state index is 6.55. The van der Waals surface area contributed by atoms with E-state index in [4.69, 9.17) is 14.4 Å². The normalized spacial score (nSPS) is 11.9. The second kappa shape index (κ2) is 10.8. The molecule has 11 aromatic rings. The Morgan fingerprint density at radius 2 is 0.961 bits per heavy atom. The van der Waals surface area contributed by atoms with E-state index in [0.717, 1.165) is 55.6 Å². The van der Waals surface area contributed by atoms with Crippen LogP contribution in [0, 0.1) is 0 Å². The minimum atomic E-state index is 0.573. The summed E-state index contributed by atoms with van der Waals surface area (Å²) in [6.45, 7) is 0. The molecule has 4 heterocycles. The van der Waals surface area contributed by atoms with Crippen molar-refractivity contribution in [3.05, 3.63) is 170 Å². The molecule has 0 atom stereocenters. The Morgan fingerprint density at radius 1 is 0.412 bits per heavy atom. The number of furan rings is 1. The van der Waals surface area contributed by atoms with E-state index in [2.05, 4.69) is 130 Å². The van der Waals surface area contributed by atoms with Crippen molar-refractivity contribution in [3.8, 4) is 34.0 Å². The Labute approximate surface area is 292 Å². The van der Waals surface area contributed by atoms with Gasteiger partial charge in [0.1, 0.15) is 5.58 Å². The van der Waals surface area contributed by atoms with Crippen LogP contribution in [0.25, 0.3) is 99.7 Å². The first-order valence-corrected chi connectivity index (χ1v) is 17.2. The van der Waals surface area contributed by atoms with Gasteiger partial charge in [-0.2, -0.15) is 4.98 Å². The van der Waals surface area contributed by atoms with Crippen molar-refractivity contribution in [1.29, 1.82) is 0 Å². The van der Waals surface area contributed by atoms with Crippen molar-refractivity contribution >= 4 is 65.7 Å². The third-order valence-electron chi connectivity index (χ3n) is 10.1. The Morgan fingerprint density at radius 3 is 1.61 bits per heavy atom. The van der Waals surface area contributed by atoms with Crippen LogP contribution >= 0.6 is 0 Å². The number of benzene rings is 7. The van der Waals surface area contributed by atoms with Crippen molar-refractivity contribution in [2.24, 2.45) is 0 Å². The Bertz CT molecular complexity index is 3120. The fraction of sp³-hybridized carbons (Fsp3) is 0. The lowest BCUT2D eigenvalue weighted by atomic mass is 10.1. The summed E-state index contributed by atoms with van der Waals surface area (Å²) in [6.07, 6.45) is 0. The van der Waals surface area contributed by atoms with Crippen LogP contribution in [0.4, 0.5) is 0 Å². The smallest absolute Gasteiger partial charge is 0.231 e. The van der Waals surface area contributed by atoms with Gasteiger partial charge in [0.05, 0.1) is 33.1 Å². The Kier molecular flexibility index (Phi) is 5.89. The van der Waals surface area contributed by atoms with Gasteiger partial charge >= 0.3 is 0 Å². The molecule has 4 aromatic heterocycles. The molecule has 0 saturated heterocycles. The lowest BCUT2D eigenvalue weighted by molar-refractivity contribution is 0.653. The van der Waals surface area contributed by atoms with Crippen LogP contribution in [-0.2, 0) is 0 Å². The zero-order chi connectivity index (χ0) is 33.5. The fourth-order valence-corrected chi connectivity index (χ4v) is 7.94. The Balaban J connectivity index is 1.27. The van der Waals surface area contributed by atoms with Gasteiger partial charge in [-0.05, 0) is 42.5 Å². The number of para-hydroxylation sites is 3. The molecule has 7 aromatic carbocycles. The van der Waals surface area contributed by atoms with Gasteiger partial charge in [-0.25, -0.2) is 4.98 Å². The summed E-state index contributed by atoms with van der Waals surface area (Å²) in [7, 11) is 0. The van der Waals surface area contributed by atoms with Crippen molar-refractivity contribution in [3.63, 3.8) is 0 Å². The minimum Gasteiger partial charge on any atom is -0.438 e. The molecule has 0 radical (unpaired) electrons. The van der Waals surface area contributed by atoms with Crippen LogP contribution in [-0.4, -0.2) is 19.1 Å². The van der Waals surface area contributed by atoms with E-state index in [0.29, 0.717) is 11.5 Å². The number of rotatable bonds is 4. The fourth-order valence-electron chi connectivity index (χ4n) is 7.94. The summed E-state index contributed by atoms with van der Waals surface area (Å²) < 4.78 is 11.4. The molecular formula is C46H28N4O. The predicted molar refractivity (Wildman–Crippen MR) is 209 cm³/mol. The summed E-state index contributed by atoms with van der Waals surface area (Å²) >= 11 is 0. The average molecular weight is 653 g/mol. The Hall–Kier alpha value is -6.98. The van der Waals surface area contributed by atoms with Crippen LogP contribution in [0.2, 0.25) is 0 Å². The zero-order valence-corrected chi connectivity index (χ0v) is 27.4. The van der Waals surface area contributed by atoms with Gasteiger partial charge in [0.25, 0.3) is 0 Å². The van der Waals surface area contributed by atoms with Gasteiger partial charge in [0, 0.05) is 49.4 Å². The highest BCUT2D eigenvalue weighted by Gasteiger charge is 2.23. The molecule has 51 heavy (non-hydrogen) atoms. The summed E-state index contributed by atoms with van der Waals surface area (Å²) in [5, 5.41) is 6.73. The highest BCUT2D eigenvalue weighted by molar-refractivity contribution is 6.24. The van der Waals surface area contributed by atoms with E-state index < -0.39 is 0 Å². The first-order valence-electron chi connectivity index (χ1n) is 17.2. The maximum Gasteiger partial charge on any atom is 0.231 e. The monoisotopic (exact) mass is 652 g/mol. The van der Waals surface area contributed by atoms with E-state index in [1.54, 1.807) is 0 Å². The summed E-state index contributed by atoms with van der Waals surface area (Å²) in [5.74, 6) is 0.639. The summed E-state index contributed by atoms with van der Waals surface area (Å²) in [5.41, 5.74) is 11.0. The first kappa shape index (κ1) is 27.9. The van der Waals surface area contributed by atoms with Crippen LogP contribution < -0.4 is 0 Å². The van der Waals surface area contributed by atoms with Gasteiger partial charge < -0.3 is 13.6 Å². The number of aromatic nitrogens is 4. The molecule has 5 heteroatoms. The molecule has 0 amide bonds. The molecule has 11 rings (SSSR count). The molecule has 238 valence electrons. The summed E-state index contributed by atoms with van der Waals surface area (Å²) in [4.78, 5) is 10.2. The molecule has 0 bridgehead atoms. The molecular weight excluding hydrogens is 625 g/mol. The summed E-state index contributed by atoms with van der Waals surface area (Å²) in [6, 6.07) is 59.6. The van der Waals surface area contributed by atoms with Crippen LogP contribution in [0.3, 0.4) is 0 Å². The lowest BCUT2D eigenvalue weighted by Gasteiger charge is -2.12. The third kappa shape index (κ3) is 4.09. The van der Waals surface area contributed by atoms with Gasteiger partial charge in [0.2, 0.25) is 5.71 Å². The van der Waals surface area contributed by atoms with E-state index in [1.807, 2.05) is 48.5 Å². The highest BCUT2D eigenvalue weighted by atomic mass is 16.3. The molecule has 0 unspecified atom stereocenters. The molecule has 5 nitrogen and oxygen atoms in total. The van der Waals surface area contributed by atoms with Gasteiger partial charge in [-0.15, -0.1) is 0 Å². The quantitative estimate of drug-likeness (QED) is 0.190. The van der Waals surface area contributed by atoms with Crippen molar-refractivity contribution in [2.75, 3.05) is 0 Å². The van der Waals surface area contributed by atoms with Crippen molar-refractivity contribution in [1.82, 2.24) is 19.1 Å².